The van der Waals surface area contributed by atoms with Gasteiger partial charge in [-0.05, 0) is 19.1 Å². The van der Waals surface area contributed by atoms with E-state index in [0.29, 0.717) is 5.69 Å². The summed E-state index contributed by atoms with van der Waals surface area (Å²) in [6.45, 7) is 1.58. The van der Waals surface area contributed by atoms with Gasteiger partial charge in [-0.1, -0.05) is 0 Å². The fraction of sp³-hybridized carbons (Fsp3) is 0.182. The van der Waals surface area contributed by atoms with Crippen LogP contribution in [0.25, 0.3) is 11.3 Å². The molecule has 3 N–H and O–H groups in total. The van der Waals surface area contributed by atoms with Gasteiger partial charge in [0.15, 0.2) is 0 Å². The first-order chi connectivity index (χ1) is 9.26. The van der Waals surface area contributed by atoms with Gasteiger partial charge in [-0.2, -0.15) is 0 Å². The molecule has 0 bridgehead atoms. The number of anilines is 1. The molecule has 0 unspecified atom stereocenters. The molecule has 1 aromatic heterocycles. The summed E-state index contributed by atoms with van der Waals surface area (Å²) >= 11 is 0. The monoisotopic (exact) mass is 286 g/mol. The molecule has 0 aliphatic carbocycles. The quantitative estimate of drug-likeness (QED) is 0.877. The average molecular weight is 286 g/mol. The highest BCUT2D eigenvalue weighted by molar-refractivity contribution is 5.69. The Bertz CT molecular complexity index is 646. The normalized spacial score (nSPS) is 11.4. The summed E-state index contributed by atoms with van der Waals surface area (Å²) in [5.41, 5.74) is 6.13. The summed E-state index contributed by atoms with van der Waals surface area (Å²) in [5.74, 6) is -1.01. The van der Waals surface area contributed by atoms with Crippen molar-refractivity contribution in [2.24, 2.45) is 0 Å². The molecule has 0 aliphatic rings. The third kappa shape index (κ3) is 3.05. The number of halogens is 3. The number of nitrogen functional groups attached to an aromatic ring is 1. The van der Waals surface area contributed by atoms with Crippen molar-refractivity contribution < 1.29 is 23.0 Å². The van der Waals surface area contributed by atoms with Gasteiger partial charge in [0.2, 0.25) is 5.95 Å². The Balaban J connectivity index is 2.39. The molecule has 1 heterocycles. The Morgan fingerprint density at radius 1 is 1.25 bits per heavy atom. The molecule has 0 saturated carbocycles. The topological polar surface area (TPSA) is 94.2 Å². The van der Waals surface area contributed by atoms with Gasteiger partial charge >= 0.3 is 6.36 Å². The van der Waals surface area contributed by atoms with Gasteiger partial charge in [-0.25, -0.2) is 4.98 Å². The number of aryl methyl sites for hydroxylation is 1. The summed E-state index contributed by atoms with van der Waals surface area (Å²) in [7, 11) is 0. The summed E-state index contributed by atoms with van der Waals surface area (Å²) in [6, 6.07) is 3.12. The van der Waals surface area contributed by atoms with Crippen LogP contribution in [0.5, 0.6) is 11.5 Å². The molecule has 106 valence electrons. The average Bonchev–Trinajstić information content (AvgIpc) is 2.28. The van der Waals surface area contributed by atoms with Crippen LogP contribution in [0.15, 0.2) is 18.2 Å². The van der Waals surface area contributed by atoms with E-state index in [4.69, 9.17) is 5.73 Å². The Kier molecular flexibility index (Phi) is 3.35. The first kappa shape index (κ1) is 13.8. The molecule has 0 aliphatic heterocycles. The van der Waals surface area contributed by atoms with Crippen LogP contribution < -0.4 is 10.5 Å². The number of nitrogens with zero attached hydrogens (tertiary/aromatic N) is 3. The van der Waals surface area contributed by atoms with E-state index in [1.54, 1.807) is 6.92 Å². The number of nitrogens with two attached hydrogens (primary N) is 1. The first-order valence-electron chi connectivity index (χ1n) is 5.32. The van der Waals surface area contributed by atoms with Crippen LogP contribution in [0.2, 0.25) is 0 Å². The molecular formula is C11H9F3N4O2. The van der Waals surface area contributed by atoms with Crippen molar-refractivity contribution in [3.8, 4) is 22.8 Å². The van der Waals surface area contributed by atoms with Crippen LogP contribution >= 0.6 is 0 Å². The van der Waals surface area contributed by atoms with E-state index in [-0.39, 0.29) is 17.2 Å². The number of aromatic nitrogens is 3. The van der Waals surface area contributed by atoms with Crippen LogP contribution in [0.1, 0.15) is 5.69 Å². The Morgan fingerprint density at radius 3 is 2.50 bits per heavy atom. The number of aromatic hydroxyl groups is 1. The predicted octanol–water partition coefficient (Wildman–Crippen LogP) is 2.03. The lowest BCUT2D eigenvalue weighted by atomic mass is 10.1. The molecule has 6 nitrogen and oxygen atoms in total. The van der Waals surface area contributed by atoms with Crippen LogP contribution in [0, 0.1) is 6.92 Å². The zero-order valence-corrected chi connectivity index (χ0v) is 10.1. The highest BCUT2D eigenvalue weighted by atomic mass is 19.4. The molecule has 0 radical (unpaired) electrons. The minimum Gasteiger partial charge on any atom is -0.507 e. The molecule has 0 amide bonds. The second-order valence-electron chi connectivity index (χ2n) is 3.83. The smallest absolute Gasteiger partial charge is 0.507 e. The van der Waals surface area contributed by atoms with Crippen molar-refractivity contribution in [1.29, 1.82) is 0 Å². The SMILES string of the molecule is Cc1nc(N)nnc1-c1ccc(OC(F)(F)F)cc1O. The molecule has 1 aromatic carbocycles. The van der Waals surface area contributed by atoms with Crippen molar-refractivity contribution in [2.75, 3.05) is 5.73 Å². The fourth-order valence-electron chi connectivity index (χ4n) is 1.58. The zero-order chi connectivity index (χ0) is 14.9. The number of alkyl halides is 3. The van der Waals surface area contributed by atoms with Gasteiger partial charge in [0.05, 0.1) is 5.69 Å². The van der Waals surface area contributed by atoms with E-state index in [0.717, 1.165) is 12.1 Å². The fourth-order valence-corrected chi connectivity index (χ4v) is 1.58. The van der Waals surface area contributed by atoms with Crippen LogP contribution in [0.4, 0.5) is 19.1 Å². The lowest BCUT2D eigenvalue weighted by molar-refractivity contribution is -0.274. The first-order valence-corrected chi connectivity index (χ1v) is 5.32. The molecular weight excluding hydrogens is 277 g/mol. The largest absolute Gasteiger partial charge is 0.573 e. The second-order valence-corrected chi connectivity index (χ2v) is 3.83. The van der Waals surface area contributed by atoms with Gasteiger partial charge in [0, 0.05) is 11.6 Å². The van der Waals surface area contributed by atoms with E-state index >= 15 is 0 Å². The van der Waals surface area contributed by atoms with Gasteiger partial charge in [-0.15, -0.1) is 23.4 Å². The summed E-state index contributed by atoms with van der Waals surface area (Å²) in [6.07, 6.45) is -4.83. The maximum Gasteiger partial charge on any atom is 0.573 e. The van der Waals surface area contributed by atoms with Crippen LogP contribution in [-0.4, -0.2) is 26.7 Å². The third-order valence-electron chi connectivity index (χ3n) is 2.34. The molecule has 9 heteroatoms. The van der Waals surface area contributed by atoms with E-state index < -0.39 is 17.9 Å². The summed E-state index contributed by atoms with van der Waals surface area (Å²) < 4.78 is 39.9. The van der Waals surface area contributed by atoms with E-state index in [1.807, 2.05) is 0 Å². The number of hydrogen-bond donors (Lipinski definition) is 2. The van der Waals surface area contributed by atoms with Crippen LogP contribution in [0.3, 0.4) is 0 Å². The van der Waals surface area contributed by atoms with E-state index in [2.05, 4.69) is 19.9 Å². The van der Waals surface area contributed by atoms with Crippen molar-refractivity contribution in [3.63, 3.8) is 0 Å². The van der Waals surface area contributed by atoms with Crippen molar-refractivity contribution >= 4 is 5.95 Å². The summed E-state index contributed by atoms with van der Waals surface area (Å²) in [5, 5.41) is 17.0. The number of phenolic OH excluding ortho intramolecular Hbond substituents is 1. The third-order valence-corrected chi connectivity index (χ3v) is 2.34. The molecule has 0 saturated heterocycles. The highest BCUT2D eigenvalue weighted by Gasteiger charge is 2.31. The van der Waals surface area contributed by atoms with Gasteiger partial charge < -0.3 is 15.6 Å². The number of phenols is 1. The predicted molar refractivity (Wildman–Crippen MR) is 62.8 cm³/mol. The highest BCUT2D eigenvalue weighted by Crippen LogP contribution is 2.34. The molecule has 0 atom stereocenters. The number of rotatable bonds is 2. The van der Waals surface area contributed by atoms with Crippen molar-refractivity contribution in [3.05, 3.63) is 23.9 Å². The number of benzene rings is 1. The Hall–Kier alpha value is -2.58. The standard InChI is InChI=1S/C11H9F3N4O2/c1-5-9(17-18-10(15)16-5)7-3-2-6(4-8(7)19)20-11(12,13)14/h2-4,19H,1H3,(H2,15,16,18). The zero-order valence-electron chi connectivity index (χ0n) is 10.1. The lowest BCUT2D eigenvalue weighted by Crippen LogP contribution is -2.17. The second kappa shape index (κ2) is 4.83. The van der Waals surface area contributed by atoms with E-state index in [9.17, 15) is 18.3 Å². The van der Waals surface area contributed by atoms with Gasteiger partial charge in [0.25, 0.3) is 0 Å². The maximum absolute atomic E-state index is 12.1. The van der Waals surface area contributed by atoms with Gasteiger partial charge in [0.1, 0.15) is 17.2 Å². The molecule has 2 aromatic rings. The minimum absolute atomic E-state index is 0.0391. The van der Waals surface area contributed by atoms with Gasteiger partial charge in [-0.3, -0.25) is 0 Å². The van der Waals surface area contributed by atoms with Crippen LogP contribution in [-0.2, 0) is 0 Å². The molecule has 2 rings (SSSR count). The minimum atomic E-state index is -4.83. The van der Waals surface area contributed by atoms with E-state index in [1.165, 1.54) is 6.07 Å². The number of ether oxygens (including phenoxy) is 1. The molecule has 0 spiro atoms. The lowest BCUT2D eigenvalue weighted by Gasteiger charge is -2.11. The number of hydrogen-bond acceptors (Lipinski definition) is 6. The Labute approximate surface area is 111 Å². The molecule has 20 heavy (non-hydrogen) atoms. The van der Waals surface area contributed by atoms with Crippen molar-refractivity contribution in [1.82, 2.24) is 15.2 Å². The Morgan fingerprint density at radius 2 is 1.95 bits per heavy atom. The molecule has 0 fully saturated rings. The summed E-state index contributed by atoms with van der Waals surface area (Å²) in [4.78, 5) is 3.85. The maximum atomic E-state index is 12.1. The van der Waals surface area contributed by atoms with Crippen molar-refractivity contribution in [2.45, 2.75) is 13.3 Å².